The van der Waals surface area contributed by atoms with Crippen LogP contribution in [0.1, 0.15) is 0 Å². The minimum absolute atomic E-state index is 0. The number of fused-ring (bicyclic) bond motifs is 5. The number of para-hydroxylation sites is 1. The number of hydrogen-bond donors (Lipinski definition) is 3. The number of nitrogen functional groups attached to an aromatic ring is 1. The van der Waals surface area contributed by atoms with Crippen LogP contribution in [0.25, 0.3) is 54.8 Å². The van der Waals surface area contributed by atoms with E-state index in [9.17, 15) is 0 Å². The number of rotatable bonds is 2. The van der Waals surface area contributed by atoms with E-state index in [0.29, 0.717) is 0 Å². The number of aromatic nitrogens is 1. The summed E-state index contributed by atoms with van der Waals surface area (Å²) in [5, 5.41) is 4.81. The first-order valence-corrected chi connectivity index (χ1v) is 10.2. The molecule has 0 spiro atoms. The van der Waals surface area contributed by atoms with Crippen LogP contribution < -0.4 is 11.9 Å². The Hall–Kier alpha value is -4.08. The van der Waals surface area contributed by atoms with Gasteiger partial charge in [0.2, 0.25) is 0 Å². The molecule has 0 saturated heterocycles. The molecule has 150 valence electrons. The van der Waals surface area contributed by atoms with Crippen LogP contribution >= 0.6 is 0 Å². The summed E-state index contributed by atoms with van der Waals surface area (Å²) in [7, 11) is 0. The molecular weight excluding hydrogens is 378 g/mol. The highest BCUT2D eigenvalue weighted by Gasteiger charge is 2.18. The SMILES string of the molecule is N.Nc1c(-c2ccccc2)cc2ccc3c4ccccc4[nH]c3c2c1-c1ccccc1. The largest absolute Gasteiger partial charge is 0.398 e. The molecule has 3 nitrogen and oxygen atoms in total. The summed E-state index contributed by atoms with van der Waals surface area (Å²) >= 11 is 0. The Morgan fingerprint density at radius 1 is 0.613 bits per heavy atom. The lowest BCUT2D eigenvalue weighted by Crippen LogP contribution is -1.96. The van der Waals surface area contributed by atoms with Crippen molar-refractivity contribution >= 4 is 38.3 Å². The Morgan fingerprint density at radius 2 is 1.26 bits per heavy atom. The molecule has 0 aliphatic heterocycles. The normalized spacial score (nSPS) is 11.1. The number of hydrogen-bond acceptors (Lipinski definition) is 2. The third-order valence-electron chi connectivity index (χ3n) is 5.97. The van der Waals surface area contributed by atoms with Crippen molar-refractivity contribution < 1.29 is 0 Å². The highest BCUT2D eigenvalue weighted by atomic mass is 14.7. The Labute approximate surface area is 180 Å². The third kappa shape index (κ3) is 2.87. The number of H-pyrrole nitrogens is 1. The van der Waals surface area contributed by atoms with Crippen LogP contribution in [0.2, 0.25) is 0 Å². The van der Waals surface area contributed by atoms with Gasteiger partial charge in [-0.15, -0.1) is 0 Å². The van der Waals surface area contributed by atoms with Crippen LogP contribution in [0.15, 0.2) is 103 Å². The van der Waals surface area contributed by atoms with Gasteiger partial charge in [0.25, 0.3) is 0 Å². The van der Waals surface area contributed by atoms with E-state index in [2.05, 4.69) is 96.0 Å². The first kappa shape index (κ1) is 18.9. The second-order valence-electron chi connectivity index (χ2n) is 7.70. The van der Waals surface area contributed by atoms with Crippen LogP contribution in [-0.2, 0) is 0 Å². The summed E-state index contributed by atoms with van der Waals surface area (Å²) in [5.41, 5.74) is 14.4. The smallest absolute Gasteiger partial charge is 0.0551 e. The molecule has 0 bridgehead atoms. The molecule has 0 unspecified atom stereocenters. The van der Waals surface area contributed by atoms with Gasteiger partial charge in [-0.3, -0.25) is 0 Å². The molecule has 6 aromatic rings. The van der Waals surface area contributed by atoms with Crippen LogP contribution in [0.3, 0.4) is 0 Å². The second kappa shape index (κ2) is 7.31. The molecular formula is C28H23N3. The maximum absolute atomic E-state index is 6.88. The zero-order chi connectivity index (χ0) is 20.1. The van der Waals surface area contributed by atoms with E-state index >= 15 is 0 Å². The average molecular weight is 402 g/mol. The summed E-state index contributed by atoms with van der Waals surface area (Å²) in [5.74, 6) is 0. The first-order valence-electron chi connectivity index (χ1n) is 10.2. The van der Waals surface area contributed by atoms with Gasteiger partial charge in [0, 0.05) is 38.5 Å². The molecule has 0 atom stereocenters. The summed E-state index contributed by atoms with van der Waals surface area (Å²) in [6, 6.07) is 36.0. The molecule has 3 heteroatoms. The van der Waals surface area contributed by atoms with Crippen molar-refractivity contribution in [1.29, 1.82) is 0 Å². The lowest BCUT2D eigenvalue weighted by Gasteiger charge is -2.16. The molecule has 0 aliphatic carbocycles. The summed E-state index contributed by atoms with van der Waals surface area (Å²) in [6.07, 6.45) is 0. The molecule has 0 radical (unpaired) electrons. The average Bonchev–Trinajstić information content (AvgIpc) is 3.19. The number of anilines is 1. The van der Waals surface area contributed by atoms with E-state index < -0.39 is 0 Å². The van der Waals surface area contributed by atoms with Gasteiger partial charge < -0.3 is 16.9 Å². The molecule has 1 heterocycles. The van der Waals surface area contributed by atoms with Crippen molar-refractivity contribution in [1.82, 2.24) is 11.1 Å². The van der Waals surface area contributed by atoms with Gasteiger partial charge in [0.15, 0.2) is 0 Å². The molecule has 0 saturated carbocycles. The maximum Gasteiger partial charge on any atom is 0.0551 e. The molecule has 6 N–H and O–H groups in total. The summed E-state index contributed by atoms with van der Waals surface area (Å²) < 4.78 is 0. The molecule has 5 aromatic carbocycles. The zero-order valence-electron chi connectivity index (χ0n) is 17.1. The van der Waals surface area contributed by atoms with Crippen LogP contribution in [0.5, 0.6) is 0 Å². The van der Waals surface area contributed by atoms with Crippen molar-refractivity contribution in [3.8, 4) is 22.3 Å². The molecule has 0 fully saturated rings. The predicted molar refractivity (Wildman–Crippen MR) is 134 cm³/mol. The van der Waals surface area contributed by atoms with Crippen LogP contribution in [0.4, 0.5) is 5.69 Å². The molecule has 1 aromatic heterocycles. The van der Waals surface area contributed by atoms with E-state index in [1.165, 1.54) is 21.5 Å². The first-order chi connectivity index (χ1) is 14.8. The van der Waals surface area contributed by atoms with Crippen LogP contribution in [-0.4, -0.2) is 4.98 Å². The van der Waals surface area contributed by atoms with E-state index in [1.54, 1.807) is 0 Å². The van der Waals surface area contributed by atoms with Gasteiger partial charge in [0.05, 0.1) is 5.52 Å². The number of aromatic amines is 1. The maximum atomic E-state index is 6.88. The highest BCUT2D eigenvalue weighted by molar-refractivity contribution is 6.23. The fourth-order valence-electron chi connectivity index (χ4n) is 4.59. The van der Waals surface area contributed by atoms with E-state index in [-0.39, 0.29) is 6.15 Å². The minimum atomic E-state index is 0. The standard InChI is InChI=1S/C28H20N2.H3N/c29-27-23(18-9-3-1-4-10-18)17-20-15-16-22-21-13-7-8-14-24(21)30-28(22)26(20)25(27)19-11-5-2-6-12-19;/h1-17,30H,29H2;1H3. The van der Waals surface area contributed by atoms with Gasteiger partial charge >= 0.3 is 0 Å². The number of nitrogens with one attached hydrogen (secondary N) is 1. The van der Waals surface area contributed by atoms with Gasteiger partial charge in [-0.1, -0.05) is 91.0 Å². The topological polar surface area (TPSA) is 76.8 Å². The minimum Gasteiger partial charge on any atom is -0.398 e. The Kier molecular flexibility index (Phi) is 4.46. The van der Waals surface area contributed by atoms with Crippen molar-refractivity contribution in [2.24, 2.45) is 0 Å². The predicted octanol–water partition coefficient (Wildman–Crippen LogP) is 7.55. The fourth-order valence-corrected chi connectivity index (χ4v) is 4.59. The quantitative estimate of drug-likeness (QED) is 0.262. The Balaban J connectivity index is 0.00000204. The monoisotopic (exact) mass is 401 g/mol. The van der Waals surface area contributed by atoms with Crippen molar-refractivity contribution in [2.75, 3.05) is 5.73 Å². The van der Waals surface area contributed by atoms with Crippen LogP contribution in [0, 0.1) is 0 Å². The molecule has 31 heavy (non-hydrogen) atoms. The molecule has 0 amide bonds. The third-order valence-corrected chi connectivity index (χ3v) is 5.97. The van der Waals surface area contributed by atoms with Crippen molar-refractivity contribution in [3.05, 3.63) is 103 Å². The van der Waals surface area contributed by atoms with Gasteiger partial charge in [-0.05, 0) is 28.6 Å². The van der Waals surface area contributed by atoms with Gasteiger partial charge in [-0.25, -0.2) is 0 Å². The summed E-state index contributed by atoms with van der Waals surface area (Å²) in [4.78, 5) is 3.66. The van der Waals surface area contributed by atoms with Crippen molar-refractivity contribution in [3.63, 3.8) is 0 Å². The lowest BCUT2D eigenvalue weighted by molar-refractivity contribution is 1.56. The fraction of sp³-hybridized carbons (Fsp3) is 0. The van der Waals surface area contributed by atoms with E-state index in [0.717, 1.165) is 39.0 Å². The van der Waals surface area contributed by atoms with Gasteiger partial charge in [-0.2, -0.15) is 0 Å². The molecule has 0 aliphatic rings. The van der Waals surface area contributed by atoms with E-state index in [1.807, 2.05) is 12.1 Å². The summed E-state index contributed by atoms with van der Waals surface area (Å²) in [6.45, 7) is 0. The lowest BCUT2D eigenvalue weighted by atomic mass is 9.89. The zero-order valence-corrected chi connectivity index (χ0v) is 17.1. The number of nitrogens with two attached hydrogens (primary N) is 1. The van der Waals surface area contributed by atoms with Gasteiger partial charge in [0.1, 0.15) is 0 Å². The Morgan fingerprint density at radius 3 is 2.00 bits per heavy atom. The molecule has 6 rings (SSSR count). The van der Waals surface area contributed by atoms with Crippen molar-refractivity contribution in [2.45, 2.75) is 0 Å². The Bertz CT molecular complexity index is 1530. The second-order valence-corrected chi connectivity index (χ2v) is 7.70. The highest BCUT2D eigenvalue weighted by Crippen LogP contribution is 2.44. The number of benzene rings is 5. The van der Waals surface area contributed by atoms with E-state index in [4.69, 9.17) is 5.73 Å².